The predicted octanol–water partition coefficient (Wildman–Crippen LogP) is 4.36. The van der Waals surface area contributed by atoms with E-state index in [4.69, 9.17) is 21.7 Å². The first-order valence-electron chi connectivity index (χ1n) is 13.2. The van der Waals surface area contributed by atoms with Crippen LogP contribution in [-0.4, -0.2) is 60.1 Å². The van der Waals surface area contributed by atoms with Crippen molar-refractivity contribution in [1.29, 1.82) is 0 Å². The highest BCUT2D eigenvalue weighted by atomic mass is 32.1. The number of hydrogen-bond donors (Lipinski definition) is 2. The fourth-order valence-electron chi connectivity index (χ4n) is 3.96. The number of amides is 2. The maximum absolute atomic E-state index is 12.7. The topological polar surface area (TPSA) is 97.0 Å². The van der Waals surface area contributed by atoms with Crippen molar-refractivity contribution in [3.63, 3.8) is 0 Å². The van der Waals surface area contributed by atoms with Crippen molar-refractivity contribution in [2.24, 2.45) is 0 Å². The van der Waals surface area contributed by atoms with E-state index >= 15 is 0 Å². The van der Waals surface area contributed by atoms with Gasteiger partial charge >= 0.3 is 5.97 Å². The molecule has 0 aromatic heterocycles. The van der Waals surface area contributed by atoms with E-state index in [0.29, 0.717) is 37.6 Å². The second-order valence-electron chi connectivity index (χ2n) is 9.03. The molecule has 0 bridgehead atoms. The van der Waals surface area contributed by atoms with E-state index in [0.717, 1.165) is 25.7 Å². The van der Waals surface area contributed by atoms with Crippen LogP contribution in [0, 0.1) is 0 Å². The molecule has 1 aliphatic rings. The maximum atomic E-state index is 12.7. The molecule has 2 N–H and O–H groups in total. The number of carbonyl (C=O) groups is 3. The summed E-state index contributed by atoms with van der Waals surface area (Å²) < 4.78 is 10.9. The minimum absolute atomic E-state index is 0.113. The third-order valence-corrected chi connectivity index (χ3v) is 6.36. The average Bonchev–Trinajstić information content (AvgIpc) is 2.87. The molecule has 200 valence electrons. The van der Waals surface area contributed by atoms with Crippen molar-refractivity contribution in [3.8, 4) is 5.75 Å². The molecule has 1 heterocycles. The van der Waals surface area contributed by atoms with Gasteiger partial charge in [-0.05, 0) is 49.3 Å². The number of hydrogen-bond acceptors (Lipinski definition) is 6. The molecule has 0 spiro atoms. The highest BCUT2D eigenvalue weighted by Gasteiger charge is 2.34. The summed E-state index contributed by atoms with van der Waals surface area (Å²) in [6.07, 6.45) is 10.0. The standard InChI is InChI=1S/C27H41N3O5S/c1-3-5-6-7-8-9-10-11-19-35-24(31)20-23-26(33)28-16-17-30(23)27(36)29-25(32)21-12-14-22(15-13-21)34-18-4-2/h12-15,23H,3-11,16-20H2,1-2H3,(H,28,33)(H,29,32,36). The number of thiocarbonyl (C=S) groups is 1. The number of nitrogens with zero attached hydrogens (tertiary/aromatic N) is 1. The van der Waals surface area contributed by atoms with Crippen molar-refractivity contribution >= 4 is 35.1 Å². The Morgan fingerprint density at radius 1 is 1.00 bits per heavy atom. The second-order valence-corrected chi connectivity index (χ2v) is 9.42. The number of rotatable bonds is 15. The van der Waals surface area contributed by atoms with Crippen molar-refractivity contribution in [3.05, 3.63) is 29.8 Å². The normalized spacial score (nSPS) is 15.2. The molecule has 0 saturated carbocycles. The smallest absolute Gasteiger partial charge is 0.308 e. The van der Waals surface area contributed by atoms with Crippen LogP contribution in [0.15, 0.2) is 24.3 Å². The second kappa shape index (κ2) is 16.9. The van der Waals surface area contributed by atoms with E-state index < -0.39 is 12.0 Å². The molecule has 9 heteroatoms. The highest BCUT2D eigenvalue weighted by molar-refractivity contribution is 7.80. The van der Waals surface area contributed by atoms with Crippen LogP contribution >= 0.6 is 12.2 Å². The van der Waals surface area contributed by atoms with Crippen LogP contribution in [0.1, 0.15) is 88.4 Å². The number of ether oxygens (including phenoxy) is 2. The minimum atomic E-state index is -0.817. The molecular weight excluding hydrogens is 478 g/mol. The summed E-state index contributed by atoms with van der Waals surface area (Å²) in [5, 5.41) is 5.56. The quantitative estimate of drug-likeness (QED) is 0.202. The van der Waals surface area contributed by atoms with Crippen molar-refractivity contribution in [2.75, 3.05) is 26.3 Å². The zero-order valence-electron chi connectivity index (χ0n) is 21.7. The number of piperazine rings is 1. The Kier molecular flexibility index (Phi) is 13.9. The SMILES string of the molecule is CCCCCCCCCCOC(=O)CC1C(=O)NCCN1C(=S)NC(=O)c1ccc(OCCC)cc1. The molecule has 0 aliphatic carbocycles. The summed E-state index contributed by atoms with van der Waals surface area (Å²) in [6, 6.07) is 5.96. The molecule has 1 saturated heterocycles. The largest absolute Gasteiger partial charge is 0.494 e. The van der Waals surface area contributed by atoms with Gasteiger partial charge in [0.25, 0.3) is 5.91 Å². The van der Waals surface area contributed by atoms with Crippen LogP contribution in [0.2, 0.25) is 0 Å². The van der Waals surface area contributed by atoms with Gasteiger partial charge in [0.05, 0.1) is 19.6 Å². The van der Waals surface area contributed by atoms with Crippen LogP contribution in [0.5, 0.6) is 5.75 Å². The molecule has 2 amide bonds. The number of benzene rings is 1. The van der Waals surface area contributed by atoms with Gasteiger partial charge in [-0.15, -0.1) is 0 Å². The first kappa shape index (κ1) is 29.5. The zero-order valence-corrected chi connectivity index (χ0v) is 22.5. The summed E-state index contributed by atoms with van der Waals surface area (Å²) in [5.74, 6) is -0.445. The first-order chi connectivity index (χ1) is 17.5. The first-order valence-corrected chi connectivity index (χ1v) is 13.6. The lowest BCUT2D eigenvalue weighted by Crippen LogP contribution is -2.60. The maximum Gasteiger partial charge on any atom is 0.308 e. The highest BCUT2D eigenvalue weighted by Crippen LogP contribution is 2.15. The van der Waals surface area contributed by atoms with Gasteiger partial charge in [0.15, 0.2) is 5.11 Å². The number of esters is 1. The minimum Gasteiger partial charge on any atom is -0.494 e. The van der Waals surface area contributed by atoms with E-state index in [9.17, 15) is 14.4 Å². The van der Waals surface area contributed by atoms with Crippen LogP contribution in [-0.2, 0) is 14.3 Å². The molecule has 1 atom stereocenters. The fourth-order valence-corrected chi connectivity index (χ4v) is 4.27. The van der Waals surface area contributed by atoms with E-state index in [1.54, 1.807) is 29.2 Å². The molecular formula is C27H41N3O5S. The predicted molar refractivity (Wildman–Crippen MR) is 144 cm³/mol. The van der Waals surface area contributed by atoms with Crippen molar-refractivity contribution in [2.45, 2.75) is 84.1 Å². The average molecular weight is 520 g/mol. The third-order valence-electron chi connectivity index (χ3n) is 6.02. The molecule has 1 aromatic carbocycles. The van der Waals surface area contributed by atoms with Gasteiger partial charge in [0.1, 0.15) is 11.8 Å². The lowest BCUT2D eigenvalue weighted by Gasteiger charge is -2.36. The number of nitrogens with one attached hydrogen (secondary N) is 2. The summed E-state index contributed by atoms with van der Waals surface area (Å²) in [6.45, 7) is 5.95. The molecule has 1 fully saturated rings. The molecule has 8 nitrogen and oxygen atoms in total. The Balaban J connectivity index is 1.79. The summed E-state index contributed by atoms with van der Waals surface area (Å²) >= 11 is 5.43. The van der Waals surface area contributed by atoms with Gasteiger partial charge in [-0.1, -0.05) is 58.8 Å². The third kappa shape index (κ3) is 10.5. The lowest BCUT2D eigenvalue weighted by atomic mass is 10.1. The van der Waals surface area contributed by atoms with E-state index in [1.807, 2.05) is 6.92 Å². The Labute approximate surface area is 220 Å². The monoisotopic (exact) mass is 519 g/mol. The Morgan fingerprint density at radius 2 is 1.67 bits per heavy atom. The van der Waals surface area contributed by atoms with Crippen LogP contribution in [0.25, 0.3) is 0 Å². The van der Waals surface area contributed by atoms with E-state index in [1.165, 1.54) is 32.1 Å². The molecule has 1 unspecified atom stereocenters. The van der Waals surface area contributed by atoms with Gasteiger partial charge in [-0.3, -0.25) is 19.7 Å². The zero-order chi connectivity index (χ0) is 26.2. The van der Waals surface area contributed by atoms with Gasteiger partial charge in [-0.2, -0.15) is 0 Å². The van der Waals surface area contributed by atoms with Crippen molar-refractivity contribution < 1.29 is 23.9 Å². The molecule has 2 rings (SSSR count). The van der Waals surface area contributed by atoms with E-state index in [-0.39, 0.29) is 23.3 Å². The fraction of sp³-hybridized carbons (Fsp3) is 0.630. The molecule has 1 aromatic rings. The van der Waals surface area contributed by atoms with Gasteiger partial charge in [0.2, 0.25) is 5.91 Å². The number of carbonyl (C=O) groups excluding carboxylic acids is 3. The van der Waals surface area contributed by atoms with Gasteiger partial charge in [0, 0.05) is 18.7 Å². The Morgan fingerprint density at radius 3 is 2.33 bits per heavy atom. The Hall–Kier alpha value is -2.68. The molecule has 0 radical (unpaired) electrons. The van der Waals surface area contributed by atoms with Crippen molar-refractivity contribution in [1.82, 2.24) is 15.5 Å². The summed E-state index contributed by atoms with van der Waals surface area (Å²) in [7, 11) is 0. The lowest BCUT2D eigenvalue weighted by molar-refractivity contribution is -0.147. The Bertz CT molecular complexity index is 846. The van der Waals surface area contributed by atoms with E-state index in [2.05, 4.69) is 17.6 Å². The molecule has 1 aliphatic heterocycles. The summed E-state index contributed by atoms with van der Waals surface area (Å²) in [5.41, 5.74) is 0.420. The van der Waals surface area contributed by atoms with Crippen LogP contribution < -0.4 is 15.4 Å². The number of unbranched alkanes of at least 4 members (excludes halogenated alkanes) is 7. The molecule has 36 heavy (non-hydrogen) atoms. The van der Waals surface area contributed by atoms with Crippen LogP contribution in [0.4, 0.5) is 0 Å². The van der Waals surface area contributed by atoms with Gasteiger partial charge < -0.3 is 19.7 Å². The van der Waals surface area contributed by atoms with Crippen LogP contribution in [0.3, 0.4) is 0 Å². The van der Waals surface area contributed by atoms with Gasteiger partial charge in [-0.25, -0.2) is 0 Å². The summed E-state index contributed by atoms with van der Waals surface area (Å²) in [4.78, 5) is 39.2.